The lowest BCUT2D eigenvalue weighted by Crippen LogP contribution is -2.13. The van der Waals surface area contributed by atoms with Gasteiger partial charge in [0.25, 0.3) is 0 Å². The fourth-order valence-corrected chi connectivity index (χ4v) is 4.07. The molecule has 0 unspecified atom stereocenters. The highest BCUT2D eigenvalue weighted by Gasteiger charge is 2.21. The summed E-state index contributed by atoms with van der Waals surface area (Å²) in [4.78, 5) is 23.4. The van der Waals surface area contributed by atoms with Gasteiger partial charge in [0.1, 0.15) is 11.5 Å². The van der Waals surface area contributed by atoms with Gasteiger partial charge in [-0.25, -0.2) is 9.59 Å². The molecule has 0 amide bonds. The second kappa shape index (κ2) is 11.3. The van der Waals surface area contributed by atoms with Gasteiger partial charge in [0.05, 0.1) is 5.56 Å². The van der Waals surface area contributed by atoms with E-state index in [0.717, 1.165) is 12.0 Å². The number of carbonyl (C=O) groups excluding carboxylic acids is 2. The van der Waals surface area contributed by atoms with E-state index < -0.39 is 11.9 Å². The Labute approximate surface area is 184 Å². The summed E-state index contributed by atoms with van der Waals surface area (Å²) < 4.78 is 15.5. The number of esters is 2. The van der Waals surface area contributed by atoms with Crippen LogP contribution in [-0.2, 0) is 9.53 Å². The van der Waals surface area contributed by atoms with Crippen LogP contribution in [0, 0.1) is 5.92 Å². The highest BCUT2D eigenvalue weighted by Crippen LogP contribution is 2.37. The topological polar surface area (TPSA) is 61.8 Å². The van der Waals surface area contributed by atoms with Gasteiger partial charge in [-0.1, -0.05) is 38.5 Å². The van der Waals surface area contributed by atoms with Gasteiger partial charge in [0, 0.05) is 6.08 Å². The average Bonchev–Trinajstić information content (AvgIpc) is 2.80. The summed E-state index contributed by atoms with van der Waals surface area (Å²) in [6.07, 6.45) is 8.79. The summed E-state index contributed by atoms with van der Waals surface area (Å²) in [5.41, 5.74) is 1.74. The molecule has 1 fully saturated rings. The van der Waals surface area contributed by atoms with Crippen molar-refractivity contribution in [1.29, 1.82) is 0 Å². The first-order valence-corrected chi connectivity index (χ1v) is 10.9. The zero-order valence-electron chi connectivity index (χ0n) is 18.0. The minimum absolute atomic E-state index is 0.221. The van der Waals surface area contributed by atoms with Crippen LogP contribution in [-0.4, -0.2) is 18.7 Å². The zero-order chi connectivity index (χ0) is 22.1. The van der Waals surface area contributed by atoms with Gasteiger partial charge in [-0.3, -0.25) is 0 Å². The first-order chi connectivity index (χ1) is 15.1. The largest absolute Gasteiger partial charge is 0.457 e. The Morgan fingerprint density at radius 3 is 2.23 bits per heavy atom. The zero-order valence-corrected chi connectivity index (χ0v) is 18.0. The van der Waals surface area contributed by atoms with Gasteiger partial charge in [-0.15, -0.1) is 0 Å². The van der Waals surface area contributed by atoms with E-state index in [1.165, 1.54) is 44.1 Å². The van der Waals surface area contributed by atoms with E-state index in [0.29, 0.717) is 23.0 Å². The SMILES string of the molecule is C=CC(=O)OCOc1ccc(C(=O)Oc2ccc(C3CCC(CCC)CC3)cc2)cc1. The Kier molecular flexibility index (Phi) is 8.27. The number of ether oxygens (including phenoxy) is 3. The summed E-state index contributed by atoms with van der Waals surface area (Å²) in [7, 11) is 0. The molecule has 0 aliphatic heterocycles. The van der Waals surface area contributed by atoms with E-state index in [-0.39, 0.29) is 6.79 Å². The molecule has 0 N–H and O–H groups in total. The van der Waals surface area contributed by atoms with Gasteiger partial charge >= 0.3 is 11.9 Å². The standard InChI is InChI=1S/C26H30O5/c1-3-5-19-6-8-20(9-7-19)21-10-16-24(17-11-21)31-26(28)22-12-14-23(15-13-22)29-18-30-25(27)4-2/h4,10-17,19-20H,2-3,5-9,18H2,1H3. The molecule has 1 aliphatic rings. The van der Waals surface area contributed by atoms with Crippen molar-refractivity contribution >= 4 is 11.9 Å². The van der Waals surface area contributed by atoms with E-state index in [9.17, 15) is 9.59 Å². The second-order valence-corrected chi connectivity index (χ2v) is 7.92. The molecule has 0 radical (unpaired) electrons. The summed E-state index contributed by atoms with van der Waals surface area (Å²) in [6.45, 7) is 5.35. The normalized spacial score (nSPS) is 18.1. The lowest BCUT2D eigenvalue weighted by molar-refractivity contribution is -0.144. The van der Waals surface area contributed by atoms with Crippen molar-refractivity contribution in [3.8, 4) is 11.5 Å². The molecule has 31 heavy (non-hydrogen) atoms. The van der Waals surface area contributed by atoms with Crippen molar-refractivity contribution < 1.29 is 23.8 Å². The smallest absolute Gasteiger partial charge is 0.343 e. The molecular formula is C26H30O5. The summed E-state index contributed by atoms with van der Waals surface area (Å²) in [5, 5.41) is 0. The Morgan fingerprint density at radius 2 is 1.61 bits per heavy atom. The molecule has 5 heteroatoms. The predicted molar refractivity (Wildman–Crippen MR) is 119 cm³/mol. The van der Waals surface area contributed by atoms with Gasteiger partial charge in [-0.05, 0) is 79.5 Å². The van der Waals surface area contributed by atoms with Crippen LogP contribution in [0.3, 0.4) is 0 Å². The molecule has 0 saturated heterocycles. The van der Waals surface area contributed by atoms with E-state index in [4.69, 9.17) is 14.2 Å². The van der Waals surface area contributed by atoms with Crippen molar-refractivity contribution in [3.63, 3.8) is 0 Å². The Hall–Kier alpha value is -3.08. The highest BCUT2D eigenvalue weighted by molar-refractivity contribution is 5.91. The van der Waals surface area contributed by atoms with Crippen molar-refractivity contribution in [1.82, 2.24) is 0 Å². The first kappa shape index (κ1) is 22.6. The lowest BCUT2D eigenvalue weighted by atomic mass is 9.77. The van der Waals surface area contributed by atoms with Crippen molar-refractivity contribution in [2.24, 2.45) is 5.92 Å². The number of hydrogen-bond donors (Lipinski definition) is 0. The molecule has 1 saturated carbocycles. The molecule has 0 heterocycles. The van der Waals surface area contributed by atoms with Gasteiger partial charge in [0.2, 0.25) is 6.79 Å². The first-order valence-electron chi connectivity index (χ1n) is 10.9. The number of hydrogen-bond acceptors (Lipinski definition) is 5. The molecule has 0 spiro atoms. The second-order valence-electron chi connectivity index (χ2n) is 7.92. The van der Waals surface area contributed by atoms with Crippen LogP contribution in [0.4, 0.5) is 0 Å². The summed E-state index contributed by atoms with van der Waals surface area (Å²) in [5.74, 6) is 1.51. The quantitative estimate of drug-likeness (QED) is 0.213. The van der Waals surface area contributed by atoms with Crippen LogP contribution in [0.25, 0.3) is 0 Å². The van der Waals surface area contributed by atoms with E-state index in [1.54, 1.807) is 24.3 Å². The number of benzene rings is 2. The fraction of sp³-hybridized carbons (Fsp3) is 0.385. The monoisotopic (exact) mass is 422 g/mol. The maximum Gasteiger partial charge on any atom is 0.343 e. The Bertz CT molecular complexity index is 862. The van der Waals surface area contributed by atoms with Gasteiger partial charge < -0.3 is 14.2 Å². The van der Waals surface area contributed by atoms with E-state index in [1.807, 2.05) is 12.1 Å². The molecule has 0 bridgehead atoms. The predicted octanol–water partition coefficient (Wildman–Crippen LogP) is 6.05. The van der Waals surface area contributed by atoms with Crippen LogP contribution < -0.4 is 9.47 Å². The summed E-state index contributed by atoms with van der Waals surface area (Å²) in [6, 6.07) is 14.4. The minimum Gasteiger partial charge on any atom is -0.457 e. The third-order valence-electron chi connectivity index (χ3n) is 5.79. The molecule has 0 aromatic heterocycles. The van der Waals surface area contributed by atoms with Crippen LogP contribution in [0.2, 0.25) is 0 Å². The molecule has 5 nitrogen and oxygen atoms in total. The molecule has 1 aliphatic carbocycles. The molecule has 0 atom stereocenters. The highest BCUT2D eigenvalue weighted by atomic mass is 16.7. The van der Waals surface area contributed by atoms with E-state index in [2.05, 4.69) is 25.6 Å². The van der Waals surface area contributed by atoms with Crippen LogP contribution in [0.15, 0.2) is 61.2 Å². The van der Waals surface area contributed by atoms with Gasteiger partial charge in [0.15, 0.2) is 0 Å². The minimum atomic E-state index is -0.560. The molecule has 2 aromatic carbocycles. The van der Waals surface area contributed by atoms with Crippen molar-refractivity contribution in [2.75, 3.05) is 6.79 Å². The molecule has 3 rings (SSSR count). The average molecular weight is 423 g/mol. The van der Waals surface area contributed by atoms with Crippen LogP contribution in [0.1, 0.15) is 67.3 Å². The molecule has 164 valence electrons. The van der Waals surface area contributed by atoms with Crippen LogP contribution >= 0.6 is 0 Å². The Morgan fingerprint density at radius 1 is 0.968 bits per heavy atom. The lowest BCUT2D eigenvalue weighted by Gasteiger charge is -2.28. The Balaban J connectivity index is 1.49. The van der Waals surface area contributed by atoms with Gasteiger partial charge in [-0.2, -0.15) is 0 Å². The molecule has 2 aromatic rings. The maximum absolute atomic E-state index is 12.4. The van der Waals surface area contributed by atoms with Crippen molar-refractivity contribution in [2.45, 2.75) is 51.4 Å². The number of rotatable bonds is 9. The number of carbonyl (C=O) groups is 2. The third kappa shape index (κ3) is 6.71. The fourth-order valence-electron chi connectivity index (χ4n) is 4.07. The molecular weight excluding hydrogens is 392 g/mol. The van der Waals surface area contributed by atoms with E-state index >= 15 is 0 Å². The summed E-state index contributed by atoms with van der Waals surface area (Å²) >= 11 is 0. The third-order valence-corrected chi connectivity index (χ3v) is 5.79. The van der Waals surface area contributed by atoms with Crippen molar-refractivity contribution in [3.05, 3.63) is 72.3 Å². The van der Waals surface area contributed by atoms with Crippen LogP contribution in [0.5, 0.6) is 11.5 Å². The maximum atomic E-state index is 12.4.